The summed E-state index contributed by atoms with van der Waals surface area (Å²) in [6.07, 6.45) is 1.98. The first-order valence-electron chi connectivity index (χ1n) is 6.21. The zero-order valence-corrected chi connectivity index (χ0v) is 13.2. The third kappa shape index (κ3) is 3.61. The summed E-state index contributed by atoms with van der Waals surface area (Å²) in [6.45, 7) is 3.19. The molecule has 0 radical (unpaired) electrons. The van der Waals surface area contributed by atoms with Crippen LogP contribution < -0.4 is 10.5 Å². The van der Waals surface area contributed by atoms with E-state index in [1.165, 1.54) is 4.31 Å². The average molecular weight is 348 g/mol. The molecule has 1 aliphatic heterocycles. The van der Waals surface area contributed by atoms with Gasteiger partial charge in [-0.1, -0.05) is 22.9 Å². The van der Waals surface area contributed by atoms with Crippen molar-refractivity contribution in [1.82, 2.24) is 4.31 Å². The van der Waals surface area contributed by atoms with Crippen LogP contribution in [0.25, 0.3) is 0 Å². The number of hydrogen-bond donors (Lipinski definition) is 2. The van der Waals surface area contributed by atoms with Crippen LogP contribution in [0.1, 0.15) is 19.8 Å². The lowest BCUT2D eigenvalue weighted by Crippen LogP contribution is -2.42. The number of nitrogens with two attached hydrogens (primary N) is 1. The molecule has 1 unspecified atom stereocenters. The quantitative estimate of drug-likeness (QED) is 0.824. The highest BCUT2D eigenvalue weighted by molar-refractivity contribution is 9.10. The maximum atomic E-state index is 12.3. The van der Waals surface area contributed by atoms with Crippen LogP contribution >= 0.6 is 15.9 Å². The smallest absolute Gasteiger partial charge is 0.301 e. The van der Waals surface area contributed by atoms with Crippen LogP contribution in [-0.2, 0) is 10.2 Å². The van der Waals surface area contributed by atoms with Crippen molar-refractivity contribution in [3.05, 3.63) is 22.7 Å². The van der Waals surface area contributed by atoms with Gasteiger partial charge < -0.3 is 5.73 Å². The van der Waals surface area contributed by atoms with Crippen molar-refractivity contribution >= 4 is 37.5 Å². The summed E-state index contributed by atoms with van der Waals surface area (Å²) in [7, 11) is -3.52. The van der Waals surface area contributed by atoms with Crippen molar-refractivity contribution < 1.29 is 8.42 Å². The highest BCUT2D eigenvalue weighted by Crippen LogP contribution is 2.26. The predicted octanol–water partition coefficient (Wildman–Crippen LogP) is 2.42. The molecule has 19 heavy (non-hydrogen) atoms. The lowest BCUT2D eigenvalue weighted by Gasteiger charge is -2.30. The van der Waals surface area contributed by atoms with Crippen LogP contribution in [-0.4, -0.2) is 25.8 Å². The van der Waals surface area contributed by atoms with Gasteiger partial charge in [0.2, 0.25) is 0 Å². The molecular formula is C12H18BrN3O2S. The summed E-state index contributed by atoms with van der Waals surface area (Å²) >= 11 is 3.29. The zero-order chi connectivity index (χ0) is 14.0. The molecule has 0 spiro atoms. The fourth-order valence-corrected chi connectivity index (χ4v) is 3.99. The van der Waals surface area contributed by atoms with E-state index in [0.29, 0.717) is 30.4 Å². The molecule has 0 bridgehead atoms. The zero-order valence-electron chi connectivity index (χ0n) is 10.8. The molecule has 7 heteroatoms. The second-order valence-electron chi connectivity index (χ2n) is 4.94. The van der Waals surface area contributed by atoms with Crippen molar-refractivity contribution in [2.75, 3.05) is 23.5 Å². The molecule has 1 fully saturated rings. The van der Waals surface area contributed by atoms with E-state index in [4.69, 9.17) is 5.73 Å². The molecule has 0 saturated carbocycles. The van der Waals surface area contributed by atoms with Gasteiger partial charge in [0, 0.05) is 17.6 Å². The van der Waals surface area contributed by atoms with Gasteiger partial charge in [0.15, 0.2) is 0 Å². The first-order valence-corrected chi connectivity index (χ1v) is 8.45. The number of nitrogens with zero attached hydrogens (tertiary/aromatic N) is 1. The monoisotopic (exact) mass is 347 g/mol. The summed E-state index contributed by atoms with van der Waals surface area (Å²) in [5.41, 5.74) is 6.63. The lowest BCUT2D eigenvalue weighted by molar-refractivity contribution is 0.282. The van der Waals surface area contributed by atoms with E-state index in [2.05, 4.69) is 27.6 Å². The number of nitrogens with one attached hydrogen (secondary N) is 1. The Morgan fingerprint density at radius 2 is 2.21 bits per heavy atom. The van der Waals surface area contributed by atoms with Gasteiger partial charge in [-0.25, -0.2) is 0 Å². The van der Waals surface area contributed by atoms with E-state index < -0.39 is 10.2 Å². The van der Waals surface area contributed by atoms with Gasteiger partial charge in [0.25, 0.3) is 0 Å². The maximum absolute atomic E-state index is 12.3. The molecule has 1 aromatic rings. The molecule has 1 saturated heterocycles. The Kier molecular flexibility index (Phi) is 4.37. The van der Waals surface area contributed by atoms with Crippen molar-refractivity contribution in [2.24, 2.45) is 5.92 Å². The number of piperidine rings is 1. The topological polar surface area (TPSA) is 75.4 Å². The van der Waals surface area contributed by atoms with E-state index in [9.17, 15) is 8.42 Å². The minimum Gasteiger partial charge on any atom is -0.397 e. The van der Waals surface area contributed by atoms with E-state index in [-0.39, 0.29) is 0 Å². The molecule has 5 nitrogen and oxygen atoms in total. The van der Waals surface area contributed by atoms with Crippen LogP contribution in [0, 0.1) is 5.92 Å². The largest absolute Gasteiger partial charge is 0.397 e. The second-order valence-corrected chi connectivity index (χ2v) is 7.53. The average Bonchev–Trinajstić information content (AvgIpc) is 2.33. The predicted molar refractivity (Wildman–Crippen MR) is 81.1 cm³/mol. The molecule has 1 aliphatic rings. The van der Waals surface area contributed by atoms with Crippen LogP contribution in [0.15, 0.2) is 22.7 Å². The van der Waals surface area contributed by atoms with Gasteiger partial charge in [0.1, 0.15) is 0 Å². The lowest BCUT2D eigenvalue weighted by atomic mass is 10.0. The Morgan fingerprint density at radius 1 is 1.47 bits per heavy atom. The fourth-order valence-electron chi connectivity index (χ4n) is 2.19. The maximum Gasteiger partial charge on any atom is 0.301 e. The molecule has 0 amide bonds. The van der Waals surface area contributed by atoms with Gasteiger partial charge in [-0.05, 0) is 37.0 Å². The summed E-state index contributed by atoms with van der Waals surface area (Å²) in [4.78, 5) is 0. The van der Waals surface area contributed by atoms with Gasteiger partial charge >= 0.3 is 10.2 Å². The van der Waals surface area contributed by atoms with Crippen LogP contribution in [0.2, 0.25) is 0 Å². The van der Waals surface area contributed by atoms with E-state index in [0.717, 1.165) is 17.3 Å². The van der Waals surface area contributed by atoms with Gasteiger partial charge in [0.05, 0.1) is 11.4 Å². The summed E-state index contributed by atoms with van der Waals surface area (Å²) < 4.78 is 29.4. The number of benzene rings is 1. The van der Waals surface area contributed by atoms with Gasteiger partial charge in [-0.15, -0.1) is 0 Å². The normalized spacial score (nSPS) is 21.3. The second kappa shape index (κ2) is 5.68. The number of anilines is 2. The van der Waals surface area contributed by atoms with Gasteiger partial charge in [-0.2, -0.15) is 12.7 Å². The Morgan fingerprint density at radius 3 is 2.84 bits per heavy atom. The van der Waals surface area contributed by atoms with E-state index in [1.807, 2.05) is 0 Å². The first-order chi connectivity index (χ1) is 8.88. The molecule has 0 aromatic heterocycles. The molecule has 2 rings (SSSR count). The minimum absolute atomic E-state index is 0.396. The molecule has 1 atom stereocenters. The number of nitrogen functional groups attached to an aromatic ring is 1. The third-order valence-corrected chi connectivity index (χ3v) is 5.19. The fraction of sp³-hybridized carbons (Fsp3) is 0.500. The summed E-state index contributed by atoms with van der Waals surface area (Å²) in [6, 6.07) is 5.09. The van der Waals surface area contributed by atoms with Crippen LogP contribution in [0.3, 0.4) is 0 Å². The Balaban J connectivity index is 2.16. The Bertz CT molecular complexity index is 562. The van der Waals surface area contributed by atoms with Crippen molar-refractivity contribution in [3.8, 4) is 0 Å². The molecular weight excluding hydrogens is 330 g/mol. The molecule has 0 aliphatic carbocycles. The Hall–Kier alpha value is -0.790. The molecule has 1 heterocycles. The number of rotatable bonds is 3. The van der Waals surface area contributed by atoms with Crippen molar-refractivity contribution in [1.29, 1.82) is 0 Å². The van der Waals surface area contributed by atoms with Crippen molar-refractivity contribution in [2.45, 2.75) is 19.8 Å². The number of halogens is 1. The van der Waals surface area contributed by atoms with Gasteiger partial charge in [-0.3, -0.25) is 4.72 Å². The highest BCUT2D eigenvalue weighted by atomic mass is 79.9. The Labute approximate surface area is 122 Å². The van der Waals surface area contributed by atoms with E-state index in [1.54, 1.807) is 18.2 Å². The van der Waals surface area contributed by atoms with Crippen LogP contribution in [0.4, 0.5) is 11.4 Å². The first kappa shape index (κ1) is 14.6. The number of hydrogen-bond acceptors (Lipinski definition) is 3. The molecule has 106 valence electrons. The van der Waals surface area contributed by atoms with Crippen molar-refractivity contribution in [3.63, 3.8) is 0 Å². The summed E-state index contributed by atoms with van der Waals surface area (Å²) in [5.74, 6) is 0.396. The van der Waals surface area contributed by atoms with Crippen LogP contribution in [0.5, 0.6) is 0 Å². The third-order valence-electron chi connectivity index (χ3n) is 3.21. The molecule has 3 N–H and O–H groups in total. The van der Waals surface area contributed by atoms with E-state index >= 15 is 0 Å². The minimum atomic E-state index is -3.52. The SMILES string of the molecule is CC1CCCN(S(=O)(=O)Nc2ccc(Br)cc2N)C1. The highest BCUT2D eigenvalue weighted by Gasteiger charge is 2.27. The standard InChI is InChI=1S/C12H18BrN3O2S/c1-9-3-2-6-16(8-9)19(17,18)15-12-5-4-10(13)7-11(12)14/h4-5,7,9,15H,2-3,6,8,14H2,1H3. The summed E-state index contributed by atoms with van der Waals surface area (Å²) in [5, 5.41) is 0. The molecule has 1 aromatic carbocycles.